The van der Waals surface area contributed by atoms with E-state index in [1.165, 1.54) is 276 Å². The first-order valence-electron chi connectivity index (χ1n) is 35.5. The normalized spacial score (nSPS) is 12.6. The average Bonchev–Trinajstić information content (AvgIpc) is 3.46. The lowest BCUT2D eigenvalue weighted by Crippen LogP contribution is -2.28. The van der Waals surface area contributed by atoms with Crippen LogP contribution in [0.3, 0.4) is 0 Å². The molecule has 0 heterocycles. The molecule has 0 rings (SSSR count). The summed E-state index contributed by atoms with van der Waals surface area (Å²) in [6.45, 7) is 4.07. The molecule has 0 fully saturated rings. The molecular weight excluding hydrogens is 981 g/mol. The molecule has 0 radical (unpaired) electrons. The van der Waals surface area contributed by atoms with E-state index in [1.807, 2.05) is 0 Å². The predicted molar refractivity (Wildman–Crippen MR) is 353 cm³/mol. The molecule has 80 heavy (non-hydrogen) atoms. The number of unbranched alkanes of at least 4 members (excludes halogenated alkanes) is 46. The van der Waals surface area contributed by atoms with Gasteiger partial charge in [-0.1, -0.05) is 350 Å². The van der Waals surface area contributed by atoms with Crippen LogP contribution in [0.1, 0.15) is 373 Å². The minimum Gasteiger partial charge on any atom is -0.462 e. The predicted octanol–water partition coefficient (Wildman–Crippen LogP) is 24.7. The van der Waals surface area contributed by atoms with E-state index >= 15 is 0 Å². The topological polar surface area (TPSA) is 72.8 Å². The van der Waals surface area contributed by atoms with Crippen molar-refractivity contribution in [1.29, 1.82) is 0 Å². The first-order valence-corrected chi connectivity index (χ1v) is 35.5. The quantitative estimate of drug-likeness (QED) is 0.0373. The third kappa shape index (κ3) is 67.8. The Kier molecular flexibility index (Phi) is 68.3. The fraction of sp³-hybridized carbons (Fsp3) is 0.813. The molecule has 0 saturated heterocycles. The summed E-state index contributed by atoms with van der Waals surface area (Å²) in [4.78, 5) is 24.7. The second-order valence-corrected chi connectivity index (χ2v) is 23.9. The number of rotatable bonds is 66. The number of aliphatic hydroxyl groups is 1. The van der Waals surface area contributed by atoms with E-state index in [2.05, 4.69) is 86.8 Å². The molecule has 0 aromatic carbocycles. The van der Waals surface area contributed by atoms with Gasteiger partial charge in [0.05, 0.1) is 6.61 Å². The number of ether oxygens (including phenoxy) is 2. The van der Waals surface area contributed by atoms with Gasteiger partial charge in [0.2, 0.25) is 0 Å². The SMILES string of the molecule is CC/C=C\C/C=C\C/C=C\C/C=C\CCCCCCCCCCCCCCCCCCCCCCCCC(=O)OC(CO)COC(=O)CCCCCCCCCCCCCCCCCCCCC/C=C\C/C=C\CCCCCCC. The first kappa shape index (κ1) is 77.3. The number of carbonyl (C=O) groups excluding carboxylic acids is 2. The molecule has 1 unspecified atom stereocenters. The lowest BCUT2D eigenvalue weighted by atomic mass is 10.0. The van der Waals surface area contributed by atoms with Crippen molar-refractivity contribution in [3.05, 3.63) is 72.9 Å². The standard InChI is InChI=1S/C75H136O5/c1-3-5-7-9-11-13-15-17-19-21-23-25-27-29-31-33-35-36-37-38-40-42-44-46-48-50-52-54-56-58-60-62-64-66-68-70-75(78)80-73(71-76)72-79-74(77)69-67-65-63-61-59-57-55-53-51-49-47-45-43-41-39-34-32-30-28-26-24-22-20-18-16-14-12-10-8-6-4-2/h5,7,11,13,16-19,22-25,73,76H,3-4,6,8-10,12,14-15,20-21,26-72H2,1-2H3/b7-5-,13-11-,18-16-,19-17-,24-22-,25-23-. The van der Waals surface area contributed by atoms with E-state index in [9.17, 15) is 14.7 Å². The number of esters is 2. The van der Waals surface area contributed by atoms with Gasteiger partial charge in [-0.25, -0.2) is 0 Å². The Bertz CT molecular complexity index is 1400. The van der Waals surface area contributed by atoms with Crippen molar-refractivity contribution < 1.29 is 24.2 Å². The molecule has 0 saturated carbocycles. The van der Waals surface area contributed by atoms with Gasteiger partial charge in [-0.2, -0.15) is 0 Å². The van der Waals surface area contributed by atoms with Gasteiger partial charge >= 0.3 is 11.9 Å². The zero-order valence-electron chi connectivity index (χ0n) is 53.6. The Labute approximate surface area is 499 Å². The number of hydrogen-bond acceptors (Lipinski definition) is 5. The zero-order valence-corrected chi connectivity index (χ0v) is 53.6. The van der Waals surface area contributed by atoms with Gasteiger partial charge < -0.3 is 14.6 Å². The fourth-order valence-corrected chi connectivity index (χ4v) is 10.7. The van der Waals surface area contributed by atoms with Crippen molar-refractivity contribution in [3.63, 3.8) is 0 Å². The molecule has 1 N–H and O–H groups in total. The van der Waals surface area contributed by atoms with Crippen LogP contribution >= 0.6 is 0 Å². The largest absolute Gasteiger partial charge is 0.462 e. The van der Waals surface area contributed by atoms with Crippen molar-refractivity contribution in [2.45, 2.75) is 380 Å². The van der Waals surface area contributed by atoms with E-state index in [4.69, 9.17) is 9.47 Å². The Morgan fingerprint density at radius 1 is 0.300 bits per heavy atom. The van der Waals surface area contributed by atoms with Crippen molar-refractivity contribution in [2.75, 3.05) is 13.2 Å². The maximum atomic E-state index is 12.4. The van der Waals surface area contributed by atoms with Gasteiger partial charge in [0.25, 0.3) is 0 Å². The summed E-state index contributed by atoms with van der Waals surface area (Å²) in [7, 11) is 0. The molecule has 0 aliphatic heterocycles. The molecule has 5 nitrogen and oxygen atoms in total. The summed E-state index contributed by atoms with van der Waals surface area (Å²) in [6, 6.07) is 0. The molecular formula is C75H136O5. The van der Waals surface area contributed by atoms with E-state index in [0.29, 0.717) is 12.8 Å². The van der Waals surface area contributed by atoms with Crippen LogP contribution in [0.4, 0.5) is 0 Å². The molecule has 0 aromatic heterocycles. The van der Waals surface area contributed by atoms with Gasteiger partial charge in [0.15, 0.2) is 6.10 Å². The van der Waals surface area contributed by atoms with Gasteiger partial charge in [0, 0.05) is 12.8 Å². The number of hydrogen-bond donors (Lipinski definition) is 1. The molecule has 0 bridgehead atoms. The fourth-order valence-electron chi connectivity index (χ4n) is 10.7. The highest BCUT2D eigenvalue weighted by Gasteiger charge is 2.16. The lowest BCUT2D eigenvalue weighted by Gasteiger charge is -2.15. The van der Waals surface area contributed by atoms with Crippen LogP contribution in [0.25, 0.3) is 0 Å². The summed E-state index contributed by atoms with van der Waals surface area (Å²) in [5.74, 6) is -0.570. The maximum absolute atomic E-state index is 12.4. The van der Waals surface area contributed by atoms with Crippen LogP contribution in [0.5, 0.6) is 0 Å². The summed E-state index contributed by atoms with van der Waals surface area (Å²) in [5, 5.41) is 9.71. The molecule has 0 spiro atoms. The van der Waals surface area contributed by atoms with Gasteiger partial charge in [0.1, 0.15) is 6.61 Å². The summed E-state index contributed by atoms with van der Waals surface area (Å²) in [5.41, 5.74) is 0. The Morgan fingerprint density at radius 3 is 0.812 bits per heavy atom. The third-order valence-electron chi connectivity index (χ3n) is 16.0. The summed E-state index contributed by atoms with van der Waals surface area (Å²) in [6.07, 6.45) is 98.0. The Balaban J connectivity index is 3.40. The van der Waals surface area contributed by atoms with E-state index in [-0.39, 0.29) is 25.2 Å². The monoisotopic (exact) mass is 1120 g/mol. The number of carbonyl (C=O) groups is 2. The van der Waals surface area contributed by atoms with E-state index < -0.39 is 6.10 Å². The first-order chi connectivity index (χ1) is 39.6. The Hall–Kier alpha value is -2.66. The number of allylic oxidation sites excluding steroid dienone is 12. The zero-order chi connectivity index (χ0) is 57.6. The van der Waals surface area contributed by atoms with Crippen molar-refractivity contribution in [2.24, 2.45) is 0 Å². The lowest BCUT2D eigenvalue weighted by molar-refractivity contribution is -0.161. The van der Waals surface area contributed by atoms with Crippen molar-refractivity contribution in [3.8, 4) is 0 Å². The summed E-state index contributed by atoms with van der Waals surface area (Å²) < 4.78 is 10.8. The minimum absolute atomic E-state index is 0.0615. The summed E-state index contributed by atoms with van der Waals surface area (Å²) >= 11 is 0. The third-order valence-corrected chi connectivity index (χ3v) is 16.0. The van der Waals surface area contributed by atoms with Crippen LogP contribution in [-0.2, 0) is 19.1 Å². The van der Waals surface area contributed by atoms with Crippen LogP contribution in [0.2, 0.25) is 0 Å². The second kappa shape index (κ2) is 70.6. The van der Waals surface area contributed by atoms with Crippen LogP contribution in [0, 0.1) is 0 Å². The van der Waals surface area contributed by atoms with E-state index in [0.717, 1.165) is 70.6 Å². The van der Waals surface area contributed by atoms with E-state index in [1.54, 1.807) is 0 Å². The van der Waals surface area contributed by atoms with Gasteiger partial charge in [-0.15, -0.1) is 0 Å². The van der Waals surface area contributed by atoms with Crippen molar-refractivity contribution in [1.82, 2.24) is 0 Å². The minimum atomic E-state index is -0.772. The highest BCUT2D eigenvalue weighted by atomic mass is 16.6. The maximum Gasteiger partial charge on any atom is 0.306 e. The molecule has 0 aliphatic carbocycles. The van der Waals surface area contributed by atoms with Crippen LogP contribution in [0.15, 0.2) is 72.9 Å². The molecule has 0 amide bonds. The molecule has 1 atom stereocenters. The smallest absolute Gasteiger partial charge is 0.306 e. The second-order valence-electron chi connectivity index (χ2n) is 23.9. The average molecular weight is 1120 g/mol. The molecule has 0 aromatic rings. The molecule has 466 valence electrons. The van der Waals surface area contributed by atoms with Crippen LogP contribution in [-0.4, -0.2) is 36.4 Å². The van der Waals surface area contributed by atoms with Crippen LogP contribution < -0.4 is 0 Å². The van der Waals surface area contributed by atoms with Crippen molar-refractivity contribution >= 4 is 11.9 Å². The highest BCUT2D eigenvalue weighted by molar-refractivity contribution is 5.70. The molecule has 0 aliphatic rings. The number of aliphatic hydroxyl groups excluding tert-OH is 1. The van der Waals surface area contributed by atoms with Gasteiger partial charge in [-0.05, 0) is 83.5 Å². The Morgan fingerprint density at radius 2 is 0.537 bits per heavy atom. The molecule has 5 heteroatoms. The van der Waals surface area contributed by atoms with Gasteiger partial charge in [-0.3, -0.25) is 9.59 Å². The highest BCUT2D eigenvalue weighted by Crippen LogP contribution is 2.19.